The summed E-state index contributed by atoms with van der Waals surface area (Å²) in [5.41, 5.74) is 1.89. The van der Waals surface area contributed by atoms with Gasteiger partial charge in [0.05, 0.1) is 18.3 Å². The van der Waals surface area contributed by atoms with Gasteiger partial charge >= 0.3 is 11.9 Å². The van der Waals surface area contributed by atoms with Crippen LogP contribution in [0.2, 0.25) is 0 Å². The summed E-state index contributed by atoms with van der Waals surface area (Å²) < 4.78 is 16.6. The number of esters is 2. The van der Waals surface area contributed by atoms with E-state index in [1.807, 2.05) is 60.7 Å². The van der Waals surface area contributed by atoms with Crippen molar-refractivity contribution in [3.63, 3.8) is 0 Å². The average molecular weight is 478 g/mol. The summed E-state index contributed by atoms with van der Waals surface area (Å²) in [4.78, 5) is 40.7. The van der Waals surface area contributed by atoms with Crippen molar-refractivity contribution in [1.29, 1.82) is 0 Å². The van der Waals surface area contributed by atoms with Crippen molar-refractivity contribution in [3.05, 3.63) is 83.6 Å². The molecule has 2 heterocycles. The monoisotopic (exact) mass is 477 g/mol. The Morgan fingerprint density at radius 1 is 0.971 bits per heavy atom. The molecule has 0 aromatic heterocycles. The number of likely N-dealkylation sites (tertiary alicyclic amines) is 1. The van der Waals surface area contributed by atoms with E-state index in [2.05, 4.69) is 0 Å². The fourth-order valence-electron chi connectivity index (χ4n) is 4.94. The second-order valence-corrected chi connectivity index (χ2v) is 8.87. The Kier molecular flexibility index (Phi) is 7.85. The molecule has 4 rings (SSSR count). The normalized spacial score (nSPS) is 23.2. The zero-order valence-electron chi connectivity index (χ0n) is 20.1. The van der Waals surface area contributed by atoms with Crippen LogP contribution in [0.15, 0.2) is 72.5 Å². The molecule has 2 aromatic carbocycles. The molecule has 0 aliphatic carbocycles. The minimum absolute atomic E-state index is 0.0709. The maximum Gasteiger partial charge on any atom is 0.347 e. The van der Waals surface area contributed by atoms with Crippen LogP contribution in [0.25, 0.3) is 0 Å². The van der Waals surface area contributed by atoms with E-state index in [0.29, 0.717) is 18.7 Å². The molecule has 1 amide bonds. The van der Waals surface area contributed by atoms with Crippen LogP contribution in [-0.2, 0) is 41.7 Å². The molecule has 0 bridgehead atoms. The summed E-state index contributed by atoms with van der Waals surface area (Å²) in [6.45, 7) is 4.28. The van der Waals surface area contributed by atoms with Crippen LogP contribution in [0.5, 0.6) is 0 Å². The van der Waals surface area contributed by atoms with Gasteiger partial charge in [0.25, 0.3) is 0 Å². The van der Waals surface area contributed by atoms with Crippen molar-refractivity contribution >= 4 is 17.8 Å². The number of ether oxygens (including phenoxy) is 3. The van der Waals surface area contributed by atoms with Crippen molar-refractivity contribution in [2.75, 3.05) is 6.61 Å². The van der Waals surface area contributed by atoms with Crippen LogP contribution in [0, 0.1) is 11.8 Å². The number of rotatable bonds is 9. The highest BCUT2D eigenvalue weighted by Crippen LogP contribution is 2.43. The fraction of sp³-hybridized carbons (Fsp3) is 0.393. The lowest BCUT2D eigenvalue weighted by atomic mass is 9.81. The molecule has 1 saturated heterocycles. The van der Waals surface area contributed by atoms with E-state index in [4.69, 9.17) is 14.2 Å². The Morgan fingerprint density at radius 3 is 2.29 bits per heavy atom. The van der Waals surface area contributed by atoms with Gasteiger partial charge in [0.1, 0.15) is 6.61 Å². The van der Waals surface area contributed by atoms with Crippen LogP contribution in [0.4, 0.5) is 0 Å². The van der Waals surface area contributed by atoms with Crippen LogP contribution < -0.4 is 0 Å². The van der Waals surface area contributed by atoms with E-state index in [1.165, 1.54) is 0 Å². The first kappa shape index (κ1) is 24.5. The number of fused-ring (bicyclic) bond motifs is 1. The number of benzene rings is 2. The van der Waals surface area contributed by atoms with Gasteiger partial charge in [-0.2, -0.15) is 0 Å². The fourth-order valence-corrected chi connectivity index (χ4v) is 4.94. The Labute approximate surface area is 205 Å². The maximum atomic E-state index is 13.5. The average Bonchev–Trinajstić information content (AvgIpc) is 3.12. The van der Waals surface area contributed by atoms with E-state index in [-0.39, 0.29) is 37.6 Å². The van der Waals surface area contributed by atoms with Crippen molar-refractivity contribution < 1.29 is 28.6 Å². The zero-order chi connectivity index (χ0) is 24.8. The number of carbonyl (C=O) groups excluding carboxylic acids is 3. The number of hydrogen-bond donors (Lipinski definition) is 0. The van der Waals surface area contributed by atoms with Gasteiger partial charge in [0, 0.05) is 24.9 Å². The van der Waals surface area contributed by atoms with Crippen LogP contribution >= 0.6 is 0 Å². The predicted octanol–water partition coefficient (Wildman–Crippen LogP) is 4.02. The highest BCUT2D eigenvalue weighted by Gasteiger charge is 2.55. The van der Waals surface area contributed by atoms with Gasteiger partial charge < -0.3 is 19.1 Å². The highest BCUT2D eigenvalue weighted by molar-refractivity contribution is 5.87. The SMILES string of the molecule is CCOC(=O)[C@H]1OC(C)=C[C@@H]2C(=O)N(Cc3ccccc3)[C@@H](CCC(=O)OCc3ccccc3)[C@@H]21. The Bertz CT molecular complexity index is 1070. The molecule has 1 fully saturated rings. The third-order valence-electron chi connectivity index (χ3n) is 6.51. The minimum atomic E-state index is -0.903. The highest BCUT2D eigenvalue weighted by atomic mass is 16.6. The molecule has 2 aromatic rings. The molecular formula is C28H31NO6. The van der Waals surface area contributed by atoms with Gasteiger partial charge in [-0.15, -0.1) is 0 Å². The molecule has 7 nitrogen and oxygen atoms in total. The van der Waals surface area contributed by atoms with Crippen molar-refractivity contribution in [3.8, 4) is 0 Å². The van der Waals surface area contributed by atoms with Gasteiger partial charge in [-0.1, -0.05) is 60.7 Å². The first-order valence-electron chi connectivity index (χ1n) is 12.0. The van der Waals surface area contributed by atoms with E-state index < -0.39 is 23.9 Å². The van der Waals surface area contributed by atoms with Crippen molar-refractivity contribution in [2.24, 2.45) is 11.8 Å². The van der Waals surface area contributed by atoms with Gasteiger partial charge in [0.15, 0.2) is 0 Å². The molecule has 2 aliphatic rings. The smallest absolute Gasteiger partial charge is 0.347 e. The Hall–Kier alpha value is -3.61. The van der Waals surface area contributed by atoms with Crippen molar-refractivity contribution in [1.82, 2.24) is 4.90 Å². The summed E-state index contributed by atoms with van der Waals surface area (Å²) >= 11 is 0. The third kappa shape index (κ3) is 5.73. The second kappa shape index (κ2) is 11.2. The van der Waals surface area contributed by atoms with Gasteiger partial charge in [-0.3, -0.25) is 9.59 Å². The standard InChI is InChI=1S/C28H31NO6/c1-3-33-28(32)26-25-22(16-19(2)35-26)27(31)29(17-20-10-6-4-7-11-20)23(25)14-15-24(30)34-18-21-12-8-5-9-13-21/h4-13,16,22-23,25-26H,3,14-15,17-18H2,1-2H3/t22-,23-,25+,26-/m0/s1. The summed E-state index contributed by atoms with van der Waals surface area (Å²) in [6, 6.07) is 18.8. The molecule has 0 spiro atoms. The van der Waals surface area contributed by atoms with Gasteiger partial charge in [-0.25, -0.2) is 4.79 Å². The number of carbonyl (C=O) groups is 3. The molecule has 4 atom stereocenters. The van der Waals surface area contributed by atoms with Crippen LogP contribution in [0.1, 0.15) is 37.8 Å². The summed E-state index contributed by atoms with van der Waals surface area (Å²) in [5, 5.41) is 0. The van der Waals surface area contributed by atoms with Gasteiger partial charge in [0.2, 0.25) is 12.0 Å². The maximum absolute atomic E-state index is 13.5. The van der Waals surface area contributed by atoms with E-state index in [0.717, 1.165) is 11.1 Å². The molecule has 7 heteroatoms. The largest absolute Gasteiger partial charge is 0.483 e. The van der Waals surface area contributed by atoms with E-state index in [1.54, 1.807) is 24.8 Å². The van der Waals surface area contributed by atoms with Crippen molar-refractivity contribution in [2.45, 2.75) is 52.0 Å². The molecule has 2 aliphatic heterocycles. The third-order valence-corrected chi connectivity index (χ3v) is 6.51. The summed E-state index contributed by atoms with van der Waals surface area (Å²) in [7, 11) is 0. The first-order valence-corrected chi connectivity index (χ1v) is 12.0. The summed E-state index contributed by atoms with van der Waals surface area (Å²) in [6.07, 6.45) is 1.37. The lowest BCUT2D eigenvalue weighted by molar-refractivity contribution is -0.160. The van der Waals surface area contributed by atoms with Gasteiger partial charge in [-0.05, 0) is 37.5 Å². The molecule has 0 N–H and O–H groups in total. The number of amides is 1. The van der Waals surface area contributed by atoms with E-state index in [9.17, 15) is 14.4 Å². The lowest BCUT2D eigenvalue weighted by Gasteiger charge is -2.34. The van der Waals surface area contributed by atoms with E-state index >= 15 is 0 Å². The predicted molar refractivity (Wildman–Crippen MR) is 128 cm³/mol. The minimum Gasteiger partial charge on any atom is -0.483 e. The number of nitrogens with zero attached hydrogens (tertiary/aromatic N) is 1. The first-order chi connectivity index (χ1) is 17.0. The molecule has 0 saturated carbocycles. The zero-order valence-corrected chi connectivity index (χ0v) is 20.1. The number of allylic oxidation sites excluding steroid dienone is 1. The van der Waals surface area contributed by atoms with Crippen LogP contribution in [-0.4, -0.2) is 41.5 Å². The Balaban J connectivity index is 1.54. The van der Waals surface area contributed by atoms with Crippen LogP contribution in [0.3, 0.4) is 0 Å². The molecule has 0 radical (unpaired) electrons. The Morgan fingerprint density at radius 2 is 1.63 bits per heavy atom. The lowest BCUT2D eigenvalue weighted by Crippen LogP contribution is -2.45. The second-order valence-electron chi connectivity index (χ2n) is 8.87. The molecule has 0 unspecified atom stereocenters. The number of hydrogen-bond acceptors (Lipinski definition) is 6. The molecule has 35 heavy (non-hydrogen) atoms. The molecule has 184 valence electrons. The molecular weight excluding hydrogens is 446 g/mol. The summed E-state index contributed by atoms with van der Waals surface area (Å²) in [5.74, 6) is -1.33. The quantitative estimate of drug-likeness (QED) is 0.508. The topological polar surface area (TPSA) is 82.1 Å².